The third kappa shape index (κ3) is 3.42. The van der Waals surface area contributed by atoms with Crippen molar-refractivity contribution in [3.63, 3.8) is 0 Å². The molecule has 2 aromatic rings. The Morgan fingerprint density at radius 3 is 2.76 bits per heavy atom. The molecular formula is C14H15ClN4O2. The fourth-order valence-electron chi connectivity index (χ4n) is 1.78. The molecule has 1 amide bonds. The second-order valence-electron chi connectivity index (χ2n) is 4.33. The average Bonchev–Trinajstić information content (AvgIpc) is 2.48. The molecule has 6 nitrogen and oxygen atoms in total. The van der Waals surface area contributed by atoms with Gasteiger partial charge in [-0.15, -0.1) is 0 Å². The smallest absolute Gasteiger partial charge is 0.276 e. The molecular weight excluding hydrogens is 292 g/mol. The second kappa shape index (κ2) is 6.43. The van der Waals surface area contributed by atoms with E-state index in [1.807, 2.05) is 13.0 Å². The highest BCUT2D eigenvalue weighted by Gasteiger charge is 2.15. The Balaban J connectivity index is 2.32. The molecule has 1 aromatic carbocycles. The molecule has 4 N–H and O–H groups in total. The van der Waals surface area contributed by atoms with E-state index in [2.05, 4.69) is 15.7 Å². The standard InChI is InChI=1S/C14H15ClN4O2/c1-8-3-5-11(21-2)10(7-8)17-14(20)13-9(15)4-6-12(18-13)19-16/h3-7H,16H2,1-2H3,(H,17,20)(H,18,19). The number of halogens is 1. The molecule has 0 unspecified atom stereocenters. The number of aryl methyl sites for hydroxylation is 1. The van der Waals surface area contributed by atoms with Crippen LogP contribution in [-0.4, -0.2) is 18.0 Å². The second-order valence-corrected chi connectivity index (χ2v) is 4.74. The lowest BCUT2D eigenvalue weighted by Crippen LogP contribution is -2.17. The van der Waals surface area contributed by atoms with Crippen molar-refractivity contribution in [1.29, 1.82) is 0 Å². The van der Waals surface area contributed by atoms with Crippen molar-refractivity contribution in [2.45, 2.75) is 6.92 Å². The number of carbonyl (C=O) groups is 1. The summed E-state index contributed by atoms with van der Waals surface area (Å²) in [5.74, 6) is 5.74. The van der Waals surface area contributed by atoms with E-state index in [-0.39, 0.29) is 10.7 Å². The predicted molar refractivity (Wildman–Crippen MR) is 82.7 cm³/mol. The molecule has 2 rings (SSSR count). The lowest BCUT2D eigenvalue weighted by atomic mass is 10.2. The summed E-state index contributed by atoms with van der Waals surface area (Å²) in [6.45, 7) is 1.92. The third-order valence-corrected chi connectivity index (χ3v) is 3.12. The van der Waals surface area contributed by atoms with Crippen LogP contribution in [0.15, 0.2) is 30.3 Å². The van der Waals surface area contributed by atoms with Gasteiger partial charge in [-0.1, -0.05) is 17.7 Å². The number of amides is 1. The van der Waals surface area contributed by atoms with Gasteiger partial charge in [0.05, 0.1) is 17.8 Å². The first-order chi connectivity index (χ1) is 10.0. The van der Waals surface area contributed by atoms with E-state index < -0.39 is 5.91 Å². The minimum atomic E-state index is -0.444. The number of hydrogen-bond acceptors (Lipinski definition) is 5. The van der Waals surface area contributed by atoms with Crippen LogP contribution in [0.25, 0.3) is 0 Å². The predicted octanol–water partition coefficient (Wildman–Crippen LogP) is 2.59. The number of hydrogen-bond donors (Lipinski definition) is 3. The Hall–Kier alpha value is -2.31. The van der Waals surface area contributed by atoms with Crippen LogP contribution in [0.5, 0.6) is 5.75 Å². The molecule has 21 heavy (non-hydrogen) atoms. The molecule has 0 aliphatic carbocycles. The van der Waals surface area contributed by atoms with Crippen LogP contribution in [0.1, 0.15) is 16.1 Å². The van der Waals surface area contributed by atoms with Gasteiger partial charge in [-0.05, 0) is 36.8 Å². The summed E-state index contributed by atoms with van der Waals surface area (Å²) in [5.41, 5.74) is 3.99. The van der Waals surface area contributed by atoms with E-state index in [0.29, 0.717) is 17.3 Å². The number of nitrogen functional groups attached to an aromatic ring is 1. The molecule has 0 atom stereocenters. The molecule has 0 bridgehead atoms. The summed E-state index contributed by atoms with van der Waals surface area (Å²) in [6.07, 6.45) is 0. The van der Waals surface area contributed by atoms with E-state index in [4.69, 9.17) is 22.2 Å². The molecule has 0 spiro atoms. The van der Waals surface area contributed by atoms with Crippen molar-refractivity contribution in [3.8, 4) is 5.75 Å². The van der Waals surface area contributed by atoms with Gasteiger partial charge in [0.2, 0.25) is 0 Å². The maximum absolute atomic E-state index is 12.3. The summed E-state index contributed by atoms with van der Waals surface area (Å²) in [5, 5.41) is 2.97. The highest BCUT2D eigenvalue weighted by atomic mass is 35.5. The first-order valence-corrected chi connectivity index (χ1v) is 6.52. The van der Waals surface area contributed by atoms with Gasteiger partial charge in [-0.25, -0.2) is 10.8 Å². The molecule has 0 aliphatic rings. The largest absolute Gasteiger partial charge is 0.495 e. The number of hydrazine groups is 1. The van der Waals surface area contributed by atoms with Crippen molar-refractivity contribution < 1.29 is 9.53 Å². The zero-order chi connectivity index (χ0) is 15.4. The molecule has 7 heteroatoms. The van der Waals surface area contributed by atoms with E-state index >= 15 is 0 Å². The van der Waals surface area contributed by atoms with Gasteiger partial charge >= 0.3 is 0 Å². The maximum atomic E-state index is 12.3. The number of carbonyl (C=O) groups excluding carboxylic acids is 1. The van der Waals surface area contributed by atoms with Gasteiger partial charge in [0.25, 0.3) is 5.91 Å². The van der Waals surface area contributed by atoms with Crippen LogP contribution in [0.4, 0.5) is 11.5 Å². The number of nitrogens with zero attached hydrogens (tertiary/aromatic N) is 1. The Labute approximate surface area is 127 Å². The number of nitrogens with one attached hydrogen (secondary N) is 2. The van der Waals surface area contributed by atoms with Crippen LogP contribution >= 0.6 is 11.6 Å². The van der Waals surface area contributed by atoms with E-state index in [1.54, 1.807) is 24.3 Å². The quantitative estimate of drug-likeness (QED) is 0.597. The molecule has 110 valence electrons. The summed E-state index contributed by atoms with van der Waals surface area (Å²) in [7, 11) is 1.53. The van der Waals surface area contributed by atoms with E-state index in [1.165, 1.54) is 7.11 Å². The van der Waals surface area contributed by atoms with Crippen molar-refractivity contribution in [2.24, 2.45) is 5.84 Å². The summed E-state index contributed by atoms with van der Waals surface area (Å²) >= 11 is 6.00. The average molecular weight is 307 g/mol. The first kappa shape index (κ1) is 15.1. The molecule has 0 saturated heterocycles. The number of aromatic nitrogens is 1. The van der Waals surface area contributed by atoms with Gasteiger partial charge < -0.3 is 15.5 Å². The zero-order valence-corrected chi connectivity index (χ0v) is 12.4. The first-order valence-electron chi connectivity index (χ1n) is 6.14. The highest BCUT2D eigenvalue weighted by Crippen LogP contribution is 2.26. The molecule has 1 heterocycles. The molecule has 1 aromatic heterocycles. The fraction of sp³-hybridized carbons (Fsp3) is 0.143. The Bertz CT molecular complexity index is 676. The van der Waals surface area contributed by atoms with Crippen molar-refractivity contribution in [2.75, 3.05) is 17.9 Å². The van der Waals surface area contributed by atoms with Crippen LogP contribution in [-0.2, 0) is 0 Å². The lowest BCUT2D eigenvalue weighted by Gasteiger charge is -2.11. The SMILES string of the molecule is COc1ccc(C)cc1NC(=O)c1nc(NN)ccc1Cl. The Morgan fingerprint density at radius 1 is 1.33 bits per heavy atom. The maximum Gasteiger partial charge on any atom is 0.276 e. The van der Waals surface area contributed by atoms with Gasteiger partial charge in [0, 0.05) is 0 Å². The molecule has 0 radical (unpaired) electrons. The fourth-order valence-corrected chi connectivity index (χ4v) is 1.97. The molecule has 0 fully saturated rings. The van der Waals surface area contributed by atoms with Gasteiger partial charge in [-0.3, -0.25) is 4.79 Å². The monoisotopic (exact) mass is 306 g/mol. The number of nitrogens with two attached hydrogens (primary N) is 1. The van der Waals surface area contributed by atoms with Gasteiger partial charge in [0.15, 0.2) is 0 Å². The zero-order valence-electron chi connectivity index (χ0n) is 11.6. The number of methoxy groups -OCH3 is 1. The van der Waals surface area contributed by atoms with E-state index in [0.717, 1.165) is 5.56 Å². The van der Waals surface area contributed by atoms with Crippen molar-refractivity contribution in [3.05, 3.63) is 46.6 Å². The Morgan fingerprint density at radius 2 is 2.10 bits per heavy atom. The van der Waals surface area contributed by atoms with Crippen LogP contribution < -0.4 is 21.3 Å². The Kier molecular flexibility index (Phi) is 4.62. The topological polar surface area (TPSA) is 89.3 Å². The number of rotatable bonds is 4. The van der Waals surface area contributed by atoms with Crippen LogP contribution in [0.3, 0.4) is 0 Å². The summed E-state index contributed by atoms with van der Waals surface area (Å²) in [6, 6.07) is 8.59. The minimum absolute atomic E-state index is 0.0793. The van der Waals surface area contributed by atoms with Crippen LogP contribution in [0, 0.1) is 6.92 Å². The molecule has 0 aliphatic heterocycles. The molecule has 0 saturated carbocycles. The minimum Gasteiger partial charge on any atom is -0.495 e. The van der Waals surface area contributed by atoms with Gasteiger partial charge in [-0.2, -0.15) is 0 Å². The summed E-state index contributed by atoms with van der Waals surface area (Å²) in [4.78, 5) is 16.3. The van der Waals surface area contributed by atoms with Crippen molar-refractivity contribution >= 4 is 29.0 Å². The number of benzene rings is 1. The third-order valence-electron chi connectivity index (χ3n) is 2.81. The number of ether oxygens (including phenoxy) is 1. The van der Waals surface area contributed by atoms with Gasteiger partial charge in [0.1, 0.15) is 17.3 Å². The number of pyridine rings is 1. The summed E-state index contributed by atoms with van der Waals surface area (Å²) < 4.78 is 5.21. The van der Waals surface area contributed by atoms with E-state index in [9.17, 15) is 4.79 Å². The van der Waals surface area contributed by atoms with Crippen molar-refractivity contribution in [1.82, 2.24) is 4.98 Å². The normalized spacial score (nSPS) is 10.1. The lowest BCUT2D eigenvalue weighted by molar-refractivity contribution is 0.102. The van der Waals surface area contributed by atoms with Crippen LogP contribution in [0.2, 0.25) is 5.02 Å². The number of anilines is 2. The highest BCUT2D eigenvalue weighted by molar-refractivity contribution is 6.34.